The third kappa shape index (κ3) is 2.11. The molecule has 0 bridgehead atoms. The van der Waals surface area contributed by atoms with Gasteiger partial charge in [-0.3, -0.25) is 19.1 Å². The first-order valence-corrected chi connectivity index (χ1v) is 7.75. The Morgan fingerprint density at radius 2 is 1.88 bits per heavy atom. The van der Waals surface area contributed by atoms with E-state index < -0.39 is 11.2 Å². The summed E-state index contributed by atoms with van der Waals surface area (Å²) in [5.41, 5.74) is 1.55. The van der Waals surface area contributed by atoms with Gasteiger partial charge in [-0.1, -0.05) is 30.3 Å². The van der Waals surface area contributed by atoms with Gasteiger partial charge >= 0.3 is 5.69 Å². The summed E-state index contributed by atoms with van der Waals surface area (Å²) in [7, 11) is 1.55. The van der Waals surface area contributed by atoms with E-state index >= 15 is 0 Å². The zero-order valence-electron chi connectivity index (χ0n) is 13.1. The summed E-state index contributed by atoms with van der Waals surface area (Å²) in [5, 5.41) is 0.337. The molecule has 0 fully saturated rings. The Morgan fingerprint density at radius 3 is 2.62 bits per heavy atom. The van der Waals surface area contributed by atoms with Crippen LogP contribution in [0.4, 0.5) is 0 Å². The molecule has 4 rings (SSSR count). The Balaban J connectivity index is 1.98. The lowest BCUT2D eigenvalue weighted by molar-refractivity contribution is 0.0964. The average Bonchev–Trinajstić information content (AvgIpc) is 2.59. The number of pyridine rings is 1. The van der Waals surface area contributed by atoms with Gasteiger partial charge in [-0.05, 0) is 23.5 Å². The molecule has 120 valence electrons. The summed E-state index contributed by atoms with van der Waals surface area (Å²) >= 11 is 0. The van der Waals surface area contributed by atoms with E-state index in [2.05, 4.69) is 9.97 Å². The second kappa shape index (κ2) is 5.26. The summed E-state index contributed by atoms with van der Waals surface area (Å²) in [5.74, 6) is 0.00110. The molecule has 6 heteroatoms. The Bertz CT molecular complexity index is 1080. The van der Waals surface area contributed by atoms with Gasteiger partial charge in [-0.15, -0.1) is 0 Å². The number of aromatic nitrogens is 3. The number of benzene rings is 1. The van der Waals surface area contributed by atoms with Crippen molar-refractivity contribution in [3.05, 3.63) is 74.1 Å². The van der Waals surface area contributed by atoms with Crippen LogP contribution in [0.1, 0.15) is 33.8 Å². The van der Waals surface area contributed by atoms with Crippen LogP contribution in [0.2, 0.25) is 0 Å². The molecule has 1 N–H and O–H groups in total. The normalized spacial score (nSPS) is 17.0. The van der Waals surface area contributed by atoms with Gasteiger partial charge in [0.2, 0.25) is 0 Å². The van der Waals surface area contributed by atoms with Gasteiger partial charge in [0.1, 0.15) is 5.65 Å². The monoisotopic (exact) mass is 321 g/mol. The number of Topliss-reactive ketones (excluding diaryl/α,β-unsaturated/α-hetero) is 1. The number of nitrogens with zero attached hydrogens (tertiary/aromatic N) is 2. The first-order valence-electron chi connectivity index (χ1n) is 7.75. The summed E-state index contributed by atoms with van der Waals surface area (Å²) in [6.07, 6.45) is 2.46. The highest BCUT2D eigenvalue weighted by atomic mass is 16.2. The lowest BCUT2D eigenvalue weighted by Crippen LogP contribution is -2.31. The molecular weight excluding hydrogens is 306 g/mol. The highest BCUT2D eigenvalue weighted by molar-refractivity contribution is 6.02. The molecule has 0 spiro atoms. The molecule has 3 aromatic rings. The van der Waals surface area contributed by atoms with Crippen molar-refractivity contribution in [2.75, 3.05) is 0 Å². The van der Waals surface area contributed by atoms with E-state index in [1.54, 1.807) is 7.05 Å². The molecule has 0 amide bonds. The number of fused-ring (bicyclic) bond motifs is 3. The predicted octanol–water partition coefficient (Wildman–Crippen LogP) is 1.53. The number of aryl methyl sites for hydroxylation is 1. The van der Waals surface area contributed by atoms with Crippen LogP contribution in [0.5, 0.6) is 0 Å². The molecule has 1 atom stereocenters. The molecule has 1 aliphatic carbocycles. The van der Waals surface area contributed by atoms with Gasteiger partial charge in [0.25, 0.3) is 5.56 Å². The van der Waals surface area contributed by atoms with Crippen molar-refractivity contribution in [3.8, 4) is 0 Å². The highest BCUT2D eigenvalue weighted by Crippen LogP contribution is 2.34. The van der Waals surface area contributed by atoms with E-state index in [0.717, 1.165) is 5.56 Å². The maximum Gasteiger partial charge on any atom is 0.329 e. The van der Waals surface area contributed by atoms with E-state index in [1.807, 2.05) is 30.3 Å². The van der Waals surface area contributed by atoms with Crippen LogP contribution in [0.15, 0.2) is 46.1 Å². The minimum Gasteiger partial charge on any atom is -0.294 e. The van der Waals surface area contributed by atoms with Gasteiger partial charge in [0.15, 0.2) is 5.78 Å². The van der Waals surface area contributed by atoms with Crippen molar-refractivity contribution in [1.29, 1.82) is 0 Å². The molecule has 2 heterocycles. The fraction of sp³-hybridized carbons (Fsp3) is 0.222. The molecule has 24 heavy (non-hydrogen) atoms. The average molecular weight is 321 g/mol. The minimum atomic E-state index is -0.512. The largest absolute Gasteiger partial charge is 0.329 e. The van der Waals surface area contributed by atoms with Crippen LogP contribution in [0.3, 0.4) is 0 Å². The van der Waals surface area contributed by atoms with Crippen molar-refractivity contribution in [2.45, 2.75) is 18.8 Å². The number of H-pyrrole nitrogens is 1. The Kier molecular flexibility index (Phi) is 3.19. The highest BCUT2D eigenvalue weighted by Gasteiger charge is 2.29. The summed E-state index contributed by atoms with van der Waals surface area (Å²) < 4.78 is 1.30. The van der Waals surface area contributed by atoms with Gasteiger partial charge in [0, 0.05) is 25.2 Å². The zero-order chi connectivity index (χ0) is 16.8. The van der Waals surface area contributed by atoms with Crippen LogP contribution in [0, 0.1) is 0 Å². The van der Waals surface area contributed by atoms with Crippen molar-refractivity contribution < 1.29 is 4.79 Å². The Hall–Kier alpha value is -3.02. The minimum absolute atomic E-state index is 0.0206. The summed E-state index contributed by atoms with van der Waals surface area (Å²) in [6, 6.07) is 9.80. The molecule has 2 aromatic heterocycles. The van der Waals surface area contributed by atoms with E-state index in [0.29, 0.717) is 35.0 Å². The number of rotatable bonds is 1. The van der Waals surface area contributed by atoms with Gasteiger partial charge in [-0.25, -0.2) is 9.78 Å². The maximum atomic E-state index is 12.6. The Morgan fingerprint density at radius 1 is 1.12 bits per heavy atom. The third-order valence-electron chi connectivity index (χ3n) is 4.69. The van der Waals surface area contributed by atoms with E-state index in [1.165, 1.54) is 10.8 Å². The van der Waals surface area contributed by atoms with Gasteiger partial charge in [0.05, 0.1) is 5.39 Å². The van der Waals surface area contributed by atoms with Crippen LogP contribution in [-0.4, -0.2) is 20.3 Å². The number of carbonyl (C=O) groups is 1. The smallest absolute Gasteiger partial charge is 0.294 e. The van der Waals surface area contributed by atoms with Crippen molar-refractivity contribution in [1.82, 2.24) is 14.5 Å². The van der Waals surface area contributed by atoms with Crippen LogP contribution < -0.4 is 11.2 Å². The zero-order valence-corrected chi connectivity index (χ0v) is 13.1. The second-order valence-electron chi connectivity index (χ2n) is 6.11. The first-order chi connectivity index (χ1) is 11.6. The van der Waals surface area contributed by atoms with Gasteiger partial charge in [-0.2, -0.15) is 0 Å². The van der Waals surface area contributed by atoms with E-state index in [4.69, 9.17) is 0 Å². The second-order valence-corrected chi connectivity index (χ2v) is 6.11. The number of aromatic amines is 1. The van der Waals surface area contributed by atoms with E-state index in [-0.39, 0.29) is 11.7 Å². The van der Waals surface area contributed by atoms with Gasteiger partial charge < -0.3 is 0 Å². The lowest BCUT2D eigenvalue weighted by atomic mass is 9.79. The topological polar surface area (TPSA) is 84.8 Å². The number of hydrogen-bond acceptors (Lipinski definition) is 4. The molecule has 1 aromatic carbocycles. The third-order valence-corrected chi connectivity index (χ3v) is 4.69. The van der Waals surface area contributed by atoms with Crippen LogP contribution >= 0.6 is 0 Å². The van der Waals surface area contributed by atoms with Crippen molar-refractivity contribution in [3.63, 3.8) is 0 Å². The lowest BCUT2D eigenvalue weighted by Gasteiger charge is -2.24. The Labute approximate surface area is 136 Å². The first kappa shape index (κ1) is 14.6. The molecule has 1 aliphatic rings. The SMILES string of the molecule is Cn1c(=O)[nH]c(=O)c2c3c(cnc21)C(=O)CC(c1ccccc1)C3. The van der Waals surface area contributed by atoms with Crippen LogP contribution in [-0.2, 0) is 13.5 Å². The molecule has 0 radical (unpaired) electrons. The quantitative estimate of drug-likeness (QED) is 0.736. The molecule has 0 saturated carbocycles. The maximum absolute atomic E-state index is 12.6. The standard InChI is InChI=1S/C18H15N3O3/c1-21-16-15(17(23)20-18(21)24)12-7-11(10-5-3-2-4-6-10)8-14(22)13(12)9-19-16/h2-6,9,11H,7-8H2,1H3,(H,20,23,24). The predicted molar refractivity (Wildman–Crippen MR) is 89.4 cm³/mol. The molecular formula is C18H15N3O3. The summed E-state index contributed by atoms with van der Waals surface area (Å²) in [6.45, 7) is 0. The van der Waals surface area contributed by atoms with Crippen LogP contribution in [0.25, 0.3) is 11.0 Å². The van der Waals surface area contributed by atoms with Crippen molar-refractivity contribution in [2.24, 2.45) is 7.05 Å². The number of nitrogens with one attached hydrogen (secondary N) is 1. The number of hydrogen-bond donors (Lipinski definition) is 1. The van der Waals surface area contributed by atoms with Crippen molar-refractivity contribution >= 4 is 16.8 Å². The summed E-state index contributed by atoms with van der Waals surface area (Å²) in [4.78, 5) is 43.2. The van der Waals surface area contributed by atoms with E-state index in [9.17, 15) is 14.4 Å². The fourth-order valence-electron chi connectivity index (χ4n) is 3.44. The molecule has 0 aliphatic heterocycles. The fourth-order valence-corrected chi connectivity index (χ4v) is 3.44. The molecule has 1 unspecified atom stereocenters. The number of carbonyl (C=O) groups excluding carboxylic acids is 1. The molecule has 6 nitrogen and oxygen atoms in total. The molecule has 0 saturated heterocycles. The number of ketones is 1.